The van der Waals surface area contributed by atoms with Crippen molar-refractivity contribution in [3.8, 4) is 0 Å². The number of carbonyl (C=O) groups is 1. The summed E-state index contributed by atoms with van der Waals surface area (Å²) in [5.74, 6) is -1.13. The standard InChI is InChI=1S/C8H8N2O3/c11-7-3-9-6(2-10-7)4-1-5(4)8(12)13/h2-5H,1H2,(H,10,11)(H,12,13). The molecule has 0 radical (unpaired) electrons. The molecule has 0 saturated heterocycles. The smallest absolute Gasteiger partial charge is 0.307 e. The van der Waals surface area contributed by atoms with Crippen LogP contribution in [0.1, 0.15) is 18.0 Å². The molecular weight excluding hydrogens is 172 g/mol. The Kier molecular flexibility index (Phi) is 1.65. The molecule has 0 aliphatic heterocycles. The molecule has 0 amide bonds. The maximum Gasteiger partial charge on any atom is 0.307 e. The second-order valence-corrected chi connectivity index (χ2v) is 3.12. The van der Waals surface area contributed by atoms with Crippen LogP contribution in [0.15, 0.2) is 17.2 Å². The topological polar surface area (TPSA) is 83.0 Å². The Morgan fingerprint density at radius 3 is 2.92 bits per heavy atom. The summed E-state index contributed by atoms with van der Waals surface area (Å²) in [5, 5.41) is 8.64. The number of hydrogen-bond acceptors (Lipinski definition) is 3. The van der Waals surface area contributed by atoms with Crippen LogP contribution in [0.4, 0.5) is 0 Å². The highest BCUT2D eigenvalue weighted by molar-refractivity contribution is 5.74. The van der Waals surface area contributed by atoms with Crippen LogP contribution in [0, 0.1) is 5.92 Å². The Bertz CT molecular complexity index is 378. The van der Waals surface area contributed by atoms with Gasteiger partial charge >= 0.3 is 5.97 Å². The minimum absolute atomic E-state index is 0.0191. The van der Waals surface area contributed by atoms with E-state index in [1.165, 1.54) is 12.4 Å². The SMILES string of the molecule is O=C(O)C1CC1c1c[nH]c(=O)cn1. The minimum Gasteiger partial charge on any atom is -0.481 e. The number of carboxylic acids is 1. The van der Waals surface area contributed by atoms with Crippen LogP contribution in [-0.2, 0) is 4.79 Å². The van der Waals surface area contributed by atoms with Crippen molar-refractivity contribution in [3.63, 3.8) is 0 Å². The van der Waals surface area contributed by atoms with Crippen LogP contribution < -0.4 is 5.56 Å². The molecule has 68 valence electrons. The van der Waals surface area contributed by atoms with Crippen molar-refractivity contribution >= 4 is 5.97 Å². The molecule has 2 N–H and O–H groups in total. The van der Waals surface area contributed by atoms with E-state index in [4.69, 9.17) is 5.11 Å². The normalized spacial score (nSPS) is 25.5. The Morgan fingerprint density at radius 1 is 1.69 bits per heavy atom. The molecule has 1 aromatic heterocycles. The summed E-state index contributed by atoms with van der Waals surface area (Å²) in [6.45, 7) is 0. The number of aliphatic carboxylic acids is 1. The molecule has 0 bridgehead atoms. The Morgan fingerprint density at radius 2 is 2.46 bits per heavy atom. The molecule has 0 aromatic carbocycles. The summed E-state index contributed by atoms with van der Waals surface area (Å²) in [6.07, 6.45) is 3.27. The zero-order valence-corrected chi connectivity index (χ0v) is 6.73. The van der Waals surface area contributed by atoms with Crippen molar-refractivity contribution in [3.05, 3.63) is 28.4 Å². The maximum atomic E-state index is 10.6. The van der Waals surface area contributed by atoms with Gasteiger partial charge in [-0.3, -0.25) is 14.6 Å². The van der Waals surface area contributed by atoms with E-state index in [-0.39, 0.29) is 17.4 Å². The molecule has 5 heteroatoms. The summed E-state index contributed by atoms with van der Waals surface area (Å²) in [6, 6.07) is 0. The second-order valence-electron chi connectivity index (χ2n) is 3.12. The van der Waals surface area contributed by atoms with Crippen molar-refractivity contribution in [1.82, 2.24) is 9.97 Å². The van der Waals surface area contributed by atoms with Gasteiger partial charge in [-0.15, -0.1) is 0 Å². The first-order valence-corrected chi connectivity index (χ1v) is 3.96. The van der Waals surface area contributed by atoms with Gasteiger partial charge in [-0.25, -0.2) is 0 Å². The lowest BCUT2D eigenvalue weighted by molar-refractivity contribution is -0.138. The molecule has 5 nitrogen and oxygen atoms in total. The first kappa shape index (κ1) is 7.97. The molecule has 0 spiro atoms. The lowest BCUT2D eigenvalue weighted by Gasteiger charge is -1.94. The molecule has 2 atom stereocenters. The third-order valence-corrected chi connectivity index (χ3v) is 2.18. The largest absolute Gasteiger partial charge is 0.481 e. The molecule has 13 heavy (non-hydrogen) atoms. The summed E-state index contributed by atoms with van der Waals surface area (Å²) in [5.41, 5.74) is 0.392. The van der Waals surface area contributed by atoms with Gasteiger partial charge in [0, 0.05) is 12.1 Å². The monoisotopic (exact) mass is 180 g/mol. The molecule has 1 saturated carbocycles. The number of aromatic nitrogens is 2. The van der Waals surface area contributed by atoms with Crippen molar-refractivity contribution in [1.29, 1.82) is 0 Å². The van der Waals surface area contributed by atoms with Gasteiger partial charge in [0.05, 0.1) is 17.8 Å². The fourth-order valence-electron chi connectivity index (χ4n) is 1.35. The minimum atomic E-state index is -0.794. The molecule has 1 aliphatic rings. The van der Waals surface area contributed by atoms with E-state index in [2.05, 4.69) is 9.97 Å². The van der Waals surface area contributed by atoms with Crippen LogP contribution in [0.2, 0.25) is 0 Å². The summed E-state index contributed by atoms with van der Waals surface area (Å²) >= 11 is 0. The predicted molar refractivity (Wildman–Crippen MR) is 43.3 cm³/mol. The highest BCUT2D eigenvalue weighted by Crippen LogP contribution is 2.46. The predicted octanol–water partition coefficient (Wildman–Crippen LogP) is -0.0420. The van der Waals surface area contributed by atoms with E-state index < -0.39 is 5.97 Å². The van der Waals surface area contributed by atoms with Gasteiger partial charge in [0.25, 0.3) is 5.56 Å². The number of carboxylic acid groups (broad SMARTS) is 1. The first-order valence-electron chi connectivity index (χ1n) is 3.96. The van der Waals surface area contributed by atoms with Gasteiger partial charge in [-0.2, -0.15) is 0 Å². The van der Waals surface area contributed by atoms with Gasteiger partial charge in [-0.05, 0) is 6.42 Å². The third-order valence-electron chi connectivity index (χ3n) is 2.18. The van der Waals surface area contributed by atoms with E-state index in [1.807, 2.05) is 0 Å². The van der Waals surface area contributed by atoms with Crippen LogP contribution in [0.5, 0.6) is 0 Å². The summed E-state index contributed by atoms with van der Waals surface area (Å²) in [7, 11) is 0. The zero-order valence-electron chi connectivity index (χ0n) is 6.73. The maximum absolute atomic E-state index is 10.6. The molecule has 1 aromatic rings. The summed E-state index contributed by atoms with van der Waals surface area (Å²) in [4.78, 5) is 27.5. The van der Waals surface area contributed by atoms with Gasteiger partial charge < -0.3 is 10.1 Å². The molecule has 2 unspecified atom stereocenters. The molecular formula is C8H8N2O3. The average Bonchev–Trinajstić information content (AvgIpc) is 2.85. The van der Waals surface area contributed by atoms with Crippen LogP contribution in [0.25, 0.3) is 0 Å². The fraction of sp³-hybridized carbons (Fsp3) is 0.375. The van der Waals surface area contributed by atoms with E-state index in [1.54, 1.807) is 0 Å². The van der Waals surface area contributed by atoms with Gasteiger partial charge in [-0.1, -0.05) is 0 Å². The highest BCUT2D eigenvalue weighted by atomic mass is 16.4. The Labute approximate surface area is 73.4 Å². The lowest BCUT2D eigenvalue weighted by atomic mass is 10.2. The van der Waals surface area contributed by atoms with E-state index in [0.717, 1.165) is 0 Å². The first-order chi connectivity index (χ1) is 6.18. The van der Waals surface area contributed by atoms with E-state index in [0.29, 0.717) is 12.1 Å². The van der Waals surface area contributed by atoms with E-state index in [9.17, 15) is 9.59 Å². The Hall–Kier alpha value is -1.65. The van der Waals surface area contributed by atoms with Crippen molar-refractivity contribution in [2.45, 2.75) is 12.3 Å². The fourth-order valence-corrected chi connectivity index (χ4v) is 1.35. The number of rotatable bonds is 2. The number of nitrogens with zero attached hydrogens (tertiary/aromatic N) is 1. The number of aromatic amines is 1. The van der Waals surface area contributed by atoms with Gasteiger partial charge in [0.1, 0.15) is 0 Å². The number of hydrogen-bond donors (Lipinski definition) is 2. The zero-order chi connectivity index (χ0) is 9.42. The molecule has 1 fully saturated rings. The quantitative estimate of drug-likeness (QED) is 0.668. The van der Waals surface area contributed by atoms with Crippen LogP contribution in [0.3, 0.4) is 0 Å². The number of H-pyrrole nitrogens is 1. The van der Waals surface area contributed by atoms with Gasteiger partial charge in [0.2, 0.25) is 0 Å². The second kappa shape index (κ2) is 2.69. The van der Waals surface area contributed by atoms with Crippen molar-refractivity contribution < 1.29 is 9.90 Å². The van der Waals surface area contributed by atoms with Crippen LogP contribution >= 0.6 is 0 Å². The van der Waals surface area contributed by atoms with Gasteiger partial charge in [0.15, 0.2) is 0 Å². The van der Waals surface area contributed by atoms with Crippen molar-refractivity contribution in [2.75, 3.05) is 0 Å². The molecule has 2 rings (SSSR count). The average molecular weight is 180 g/mol. The Balaban J connectivity index is 2.16. The van der Waals surface area contributed by atoms with Crippen molar-refractivity contribution in [2.24, 2.45) is 5.92 Å². The molecule has 1 heterocycles. The third kappa shape index (κ3) is 1.44. The van der Waals surface area contributed by atoms with Crippen LogP contribution in [-0.4, -0.2) is 21.0 Å². The number of nitrogens with one attached hydrogen (secondary N) is 1. The lowest BCUT2D eigenvalue weighted by Crippen LogP contribution is -2.07. The summed E-state index contributed by atoms with van der Waals surface area (Å²) < 4.78 is 0. The molecule has 1 aliphatic carbocycles. The van der Waals surface area contributed by atoms with E-state index >= 15 is 0 Å². The highest BCUT2D eigenvalue weighted by Gasteiger charge is 2.45.